The first-order valence-electron chi connectivity index (χ1n) is 10.4. The van der Waals surface area contributed by atoms with Crippen molar-refractivity contribution in [2.24, 2.45) is 0 Å². The van der Waals surface area contributed by atoms with Crippen LogP contribution in [0.25, 0.3) is 0 Å². The Hall–Kier alpha value is -3.23. The second-order valence-electron chi connectivity index (χ2n) is 7.45. The Morgan fingerprint density at radius 1 is 1.00 bits per heavy atom. The third-order valence-corrected chi connectivity index (χ3v) is 7.05. The molecule has 3 aromatic rings. The molecular formula is C24H22ClN3O4S. The first-order valence-corrected chi connectivity index (χ1v) is 11.5. The van der Waals surface area contributed by atoms with Gasteiger partial charge < -0.3 is 14.5 Å². The first-order chi connectivity index (χ1) is 16.0. The van der Waals surface area contributed by atoms with E-state index in [1.807, 2.05) is 30.3 Å². The van der Waals surface area contributed by atoms with Gasteiger partial charge in [-0.1, -0.05) is 35.5 Å². The first kappa shape index (κ1) is 22.9. The van der Waals surface area contributed by atoms with Gasteiger partial charge in [0.15, 0.2) is 0 Å². The number of nitro benzene ring substituents is 1. The summed E-state index contributed by atoms with van der Waals surface area (Å²) >= 11 is 7.41. The number of hydrogen-bond donors (Lipinski definition) is 0. The van der Waals surface area contributed by atoms with Gasteiger partial charge in [-0.25, -0.2) is 0 Å². The van der Waals surface area contributed by atoms with Crippen LogP contribution in [0.5, 0.6) is 5.75 Å². The molecule has 0 bridgehead atoms. The Labute approximate surface area is 201 Å². The number of anilines is 1. The van der Waals surface area contributed by atoms with Crippen LogP contribution in [0.4, 0.5) is 11.4 Å². The fourth-order valence-electron chi connectivity index (χ4n) is 3.67. The van der Waals surface area contributed by atoms with Crippen LogP contribution in [0.1, 0.15) is 10.4 Å². The van der Waals surface area contributed by atoms with Crippen LogP contribution in [0.3, 0.4) is 0 Å². The summed E-state index contributed by atoms with van der Waals surface area (Å²) in [5.41, 5.74) is 1.27. The molecule has 4 rings (SSSR count). The van der Waals surface area contributed by atoms with Crippen LogP contribution in [0.15, 0.2) is 76.5 Å². The average molecular weight is 484 g/mol. The minimum absolute atomic E-state index is 0.109. The summed E-state index contributed by atoms with van der Waals surface area (Å²) in [4.78, 5) is 29.4. The summed E-state index contributed by atoms with van der Waals surface area (Å²) in [5, 5.41) is 12.2. The van der Waals surface area contributed by atoms with Crippen molar-refractivity contribution in [1.29, 1.82) is 0 Å². The second-order valence-corrected chi connectivity index (χ2v) is 8.94. The van der Waals surface area contributed by atoms with E-state index >= 15 is 0 Å². The number of rotatable bonds is 6. The summed E-state index contributed by atoms with van der Waals surface area (Å²) in [7, 11) is 1.63. The minimum atomic E-state index is -0.461. The average Bonchev–Trinajstić information content (AvgIpc) is 2.85. The molecular weight excluding hydrogens is 462 g/mol. The summed E-state index contributed by atoms with van der Waals surface area (Å²) in [6.45, 7) is 2.44. The third-order valence-electron chi connectivity index (χ3n) is 5.46. The highest BCUT2D eigenvalue weighted by Gasteiger charge is 2.25. The quantitative estimate of drug-likeness (QED) is 0.346. The lowest BCUT2D eigenvalue weighted by Gasteiger charge is -2.36. The van der Waals surface area contributed by atoms with Crippen LogP contribution in [-0.4, -0.2) is 49.0 Å². The molecule has 170 valence electrons. The van der Waals surface area contributed by atoms with Gasteiger partial charge in [0.2, 0.25) is 0 Å². The van der Waals surface area contributed by atoms with Crippen LogP contribution < -0.4 is 9.64 Å². The van der Waals surface area contributed by atoms with Crippen molar-refractivity contribution in [2.45, 2.75) is 9.79 Å². The van der Waals surface area contributed by atoms with Crippen molar-refractivity contribution in [1.82, 2.24) is 4.90 Å². The van der Waals surface area contributed by atoms with Gasteiger partial charge in [0, 0.05) is 48.4 Å². The topological polar surface area (TPSA) is 75.9 Å². The predicted molar refractivity (Wildman–Crippen MR) is 130 cm³/mol. The van der Waals surface area contributed by atoms with Gasteiger partial charge in [-0.2, -0.15) is 0 Å². The highest BCUT2D eigenvalue weighted by atomic mass is 35.5. The number of amides is 1. The van der Waals surface area contributed by atoms with Crippen LogP contribution in [0.2, 0.25) is 5.02 Å². The molecule has 1 saturated heterocycles. The van der Waals surface area contributed by atoms with Gasteiger partial charge in [-0.05, 0) is 48.5 Å². The molecule has 1 aliphatic heterocycles. The van der Waals surface area contributed by atoms with Crippen molar-refractivity contribution in [3.05, 3.63) is 87.4 Å². The van der Waals surface area contributed by atoms with E-state index in [0.29, 0.717) is 41.7 Å². The number of halogens is 1. The molecule has 3 aromatic carbocycles. The Morgan fingerprint density at radius 3 is 2.33 bits per heavy atom. The smallest absolute Gasteiger partial charge is 0.284 e. The summed E-state index contributed by atoms with van der Waals surface area (Å²) in [5.74, 6) is 0.590. The van der Waals surface area contributed by atoms with Crippen molar-refractivity contribution in [3.63, 3.8) is 0 Å². The normalized spacial score (nSPS) is 13.6. The number of nitrogens with zero attached hydrogens (tertiary/aromatic N) is 3. The van der Waals surface area contributed by atoms with Gasteiger partial charge in [0.25, 0.3) is 11.6 Å². The van der Waals surface area contributed by atoms with Gasteiger partial charge in [0.05, 0.1) is 22.0 Å². The molecule has 0 spiro atoms. The predicted octanol–water partition coefficient (Wildman–Crippen LogP) is 5.37. The second kappa shape index (κ2) is 10.1. The highest BCUT2D eigenvalue weighted by molar-refractivity contribution is 7.99. The molecule has 0 aromatic heterocycles. The summed E-state index contributed by atoms with van der Waals surface area (Å²) in [6, 6.07) is 19.6. The zero-order valence-corrected chi connectivity index (χ0v) is 19.5. The third kappa shape index (κ3) is 5.23. The molecule has 0 radical (unpaired) electrons. The van der Waals surface area contributed by atoms with E-state index in [2.05, 4.69) is 4.90 Å². The van der Waals surface area contributed by atoms with E-state index in [4.69, 9.17) is 16.3 Å². The maximum absolute atomic E-state index is 13.1. The minimum Gasteiger partial charge on any atom is -0.497 e. The molecule has 0 atom stereocenters. The molecule has 7 nitrogen and oxygen atoms in total. The summed E-state index contributed by atoms with van der Waals surface area (Å²) in [6.07, 6.45) is 0. The molecule has 1 amide bonds. The van der Waals surface area contributed by atoms with Crippen LogP contribution in [-0.2, 0) is 0 Å². The molecule has 1 heterocycles. The fourth-order valence-corrected chi connectivity index (χ4v) is 4.84. The van der Waals surface area contributed by atoms with Crippen LogP contribution in [0, 0.1) is 10.1 Å². The molecule has 0 unspecified atom stereocenters. The van der Waals surface area contributed by atoms with Crippen molar-refractivity contribution in [3.8, 4) is 5.75 Å². The monoisotopic (exact) mass is 483 g/mol. The summed E-state index contributed by atoms with van der Waals surface area (Å²) < 4.78 is 5.20. The van der Waals surface area contributed by atoms with E-state index in [9.17, 15) is 14.9 Å². The number of methoxy groups -OCH3 is 1. The number of ether oxygens (including phenoxy) is 1. The number of carbonyl (C=O) groups is 1. The number of carbonyl (C=O) groups excluding carboxylic acids is 1. The van der Waals surface area contributed by atoms with Gasteiger partial charge in [-0.3, -0.25) is 14.9 Å². The lowest BCUT2D eigenvalue weighted by molar-refractivity contribution is -0.387. The molecule has 0 N–H and O–H groups in total. The Bertz CT molecular complexity index is 1160. The SMILES string of the molecule is COc1ccc(N2CCN(C(=O)c3ccc(Sc4ccccc4Cl)c([N+](=O)[O-])c3)CC2)cc1. The van der Waals surface area contributed by atoms with Gasteiger partial charge in [-0.15, -0.1) is 0 Å². The molecule has 9 heteroatoms. The lowest BCUT2D eigenvalue weighted by atomic mass is 10.1. The van der Waals surface area contributed by atoms with Crippen LogP contribution >= 0.6 is 23.4 Å². The van der Waals surface area contributed by atoms with E-state index < -0.39 is 4.92 Å². The molecule has 33 heavy (non-hydrogen) atoms. The molecule has 1 aliphatic rings. The van der Waals surface area contributed by atoms with E-state index in [1.54, 1.807) is 42.3 Å². The number of hydrogen-bond acceptors (Lipinski definition) is 6. The lowest BCUT2D eigenvalue weighted by Crippen LogP contribution is -2.48. The number of nitro groups is 1. The Balaban J connectivity index is 1.46. The number of piperazine rings is 1. The zero-order chi connectivity index (χ0) is 23.4. The van der Waals surface area contributed by atoms with Crippen molar-refractivity contribution < 1.29 is 14.5 Å². The Morgan fingerprint density at radius 2 is 1.70 bits per heavy atom. The van der Waals surface area contributed by atoms with E-state index in [-0.39, 0.29) is 11.6 Å². The fraction of sp³-hybridized carbons (Fsp3) is 0.208. The van der Waals surface area contributed by atoms with Crippen molar-refractivity contribution >= 4 is 40.6 Å². The van der Waals surface area contributed by atoms with Gasteiger partial charge in [0.1, 0.15) is 5.75 Å². The maximum Gasteiger partial charge on any atom is 0.284 e. The zero-order valence-electron chi connectivity index (χ0n) is 17.9. The standard InChI is InChI=1S/C24H22ClN3O4S/c1-32-19-9-7-18(8-10-19)26-12-14-27(15-13-26)24(29)17-6-11-23(21(16-17)28(30)31)33-22-5-3-2-4-20(22)25/h2-11,16H,12-15H2,1H3. The largest absolute Gasteiger partial charge is 0.497 e. The number of benzene rings is 3. The van der Waals surface area contributed by atoms with E-state index in [0.717, 1.165) is 16.3 Å². The highest BCUT2D eigenvalue weighted by Crippen LogP contribution is 2.38. The molecule has 0 aliphatic carbocycles. The molecule has 0 saturated carbocycles. The van der Waals surface area contributed by atoms with Gasteiger partial charge >= 0.3 is 0 Å². The van der Waals surface area contributed by atoms with E-state index in [1.165, 1.54) is 17.8 Å². The Kier molecular flexibility index (Phi) is 7.05. The maximum atomic E-state index is 13.1. The van der Waals surface area contributed by atoms with Crippen molar-refractivity contribution in [2.75, 3.05) is 38.2 Å². The molecule has 1 fully saturated rings.